The Hall–Kier alpha value is -2.16. The van der Waals surface area contributed by atoms with Crippen molar-refractivity contribution in [1.82, 2.24) is 0 Å². The van der Waals surface area contributed by atoms with Crippen LogP contribution in [0.3, 0.4) is 0 Å². The van der Waals surface area contributed by atoms with Gasteiger partial charge in [0.15, 0.2) is 6.61 Å². The maximum absolute atomic E-state index is 12.4. The minimum atomic E-state index is -5.84. The van der Waals surface area contributed by atoms with Crippen LogP contribution in [0, 0.1) is 17.9 Å². The lowest BCUT2D eigenvalue weighted by molar-refractivity contribution is -0.293. The molecular formula is C9H5F5N2O2. The van der Waals surface area contributed by atoms with Gasteiger partial charge in [0, 0.05) is 0 Å². The number of nitrogens with zero attached hydrogens (tertiary/aromatic N) is 2. The van der Waals surface area contributed by atoms with E-state index < -0.39 is 35.9 Å². The first-order valence-electron chi connectivity index (χ1n) is 4.17. The number of halogens is 5. The summed E-state index contributed by atoms with van der Waals surface area (Å²) in [7, 11) is 0. The molecule has 0 N–H and O–H groups in total. The highest BCUT2D eigenvalue weighted by Gasteiger charge is 2.58. The molecule has 0 heterocycles. The highest BCUT2D eigenvalue weighted by atomic mass is 19.4. The topological polar surface area (TPSA) is 54.5 Å². The van der Waals surface area contributed by atoms with Crippen molar-refractivity contribution >= 4 is 5.97 Å². The van der Waals surface area contributed by atoms with Crippen LogP contribution >= 0.6 is 0 Å². The summed E-state index contributed by atoms with van der Waals surface area (Å²) in [6.45, 7) is 5.15. The summed E-state index contributed by atoms with van der Waals surface area (Å²) in [5, 5.41) is 8.35. The molecule has 0 atom stereocenters. The summed E-state index contributed by atoms with van der Waals surface area (Å²) < 4.78 is 63.6. The minimum Gasteiger partial charge on any atom is -0.456 e. The van der Waals surface area contributed by atoms with E-state index in [1.54, 1.807) is 0 Å². The molecule has 0 aliphatic carbocycles. The molecule has 0 aromatic carbocycles. The number of rotatable bonds is 3. The SMILES string of the molecule is [C-]#[N+]C(C#N)=C(C)C(=O)OCC(F)(F)C(F)(F)F. The third-order valence-electron chi connectivity index (χ3n) is 1.68. The average Bonchev–Trinajstić information content (AvgIpc) is 2.25. The Morgan fingerprint density at radius 2 is 1.89 bits per heavy atom. The number of carbonyl (C=O) groups excluding carboxylic acids is 1. The van der Waals surface area contributed by atoms with Gasteiger partial charge >= 0.3 is 18.1 Å². The van der Waals surface area contributed by atoms with Crippen molar-refractivity contribution in [3.63, 3.8) is 0 Å². The minimum absolute atomic E-state index is 0.634. The van der Waals surface area contributed by atoms with Crippen LogP contribution in [0.2, 0.25) is 0 Å². The lowest BCUT2D eigenvalue weighted by Gasteiger charge is -2.19. The molecule has 0 spiro atoms. The fourth-order valence-electron chi connectivity index (χ4n) is 0.636. The fraction of sp³-hybridized carbons (Fsp3) is 0.444. The Morgan fingerprint density at radius 3 is 2.22 bits per heavy atom. The first-order valence-corrected chi connectivity index (χ1v) is 4.17. The number of allylic oxidation sites excluding steroid dienone is 1. The molecule has 0 amide bonds. The van der Waals surface area contributed by atoms with Crippen LogP contribution in [-0.4, -0.2) is 24.7 Å². The molecule has 0 aliphatic heterocycles. The zero-order valence-electron chi connectivity index (χ0n) is 8.81. The lowest BCUT2D eigenvalue weighted by Crippen LogP contribution is -2.41. The number of hydrogen-bond donors (Lipinski definition) is 0. The van der Waals surface area contributed by atoms with Gasteiger partial charge in [0.2, 0.25) is 0 Å². The van der Waals surface area contributed by atoms with Crippen molar-refractivity contribution < 1.29 is 31.5 Å². The van der Waals surface area contributed by atoms with E-state index in [0.717, 1.165) is 6.92 Å². The normalized spacial score (nSPS) is 13.1. The standard InChI is InChI=1S/C9H5F5N2O2/c1-5(6(3-15)16-2)7(17)18-4-8(10,11)9(12,13)14/h4H2,1H3. The van der Waals surface area contributed by atoms with Gasteiger partial charge in [-0.1, -0.05) is 0 Å². The van der Waals surface area contributed by atoms with Gasteiger partial charge in [0.05, 0.1) is 18.2 Å². The Morgan fingerprint density at radius 1 is 1.39 bits per heavy atom. The Kier molecular flexibility index (Phi) is 4.80. The third-order valence-corrected chi connectivity index (χ3v) is 1.68. The molecule has 0 saturated heterocycles. The van der Waals surface area contributed by atoms with Crippen molar-refractivity contribution in [1.29, 1.82) is 5.26 Å². The van der Waals surface area contributed by atoms with Crippen LogP contribution in [0.4, 0.5) is 22.0 Å². The van der Waals surface area contributed by atoms with E-state index in [0.29, 0.717) is 0 Å². The van der Waals surface area contributed by atoms with Gasteiger partial charge in [-0.15, -0.1) is 0 Å². The molecule has 0 rings (SSSR count). The summed E-state index contributed by atoms with van der Waals surface area (Å²) in [5.74, 6) is -6.76. The predicted molar refractivity (Wildman–Crippen MR) is 46.9 cm³/mol. The van der Waals surface area contributed by atoms with Crippen LogP contribution < -0.4 is 0 Å². The van der Waals surface area contributed by atoms with E-state index in [9.17, 15) is 26.7 Å². The molecule has 4 nitrogen and oxygen atoms in total. The smallest absolute Gasteiger partial charge is 0.456 e. The zero-order chi connectivity index (χ0) is 14.6. The molecule has 98 valence electrons. The Balaban J connectivity index is 4.81. The second-order valence-corrected chi connectivity index (χ2v) is 2.98. The molecule has 9 heteroatoms. The lowest BCUT2D eigenvalue weighted by atomic mass is 10.2. The number of alkyl halides is 5. The van der Waals surface area contributed by atoms with Gasteiger partial charge in [-0.2, -0.15) is 22.0 Å². The third kappa shape index (κ3) is 3.70. The maximum Gasteiger partial charge on any atom is 0.456 e. The van der Waals surface area contributed by atoms with E-state index in [2.05, 4.69) is 9.58 Å². The number of nitriles is 1. The molecule has 0 bridgehead atoms. The summed E-state index contributed by atoms with van der Waals surface area (Å²) in [6.07, 6.45) is -5.84. The van der Waals surface area contributed by atoms with E-state index in [-0.39, 0.29) is 0 Å². The highest BCUT2D eigenvalue weighted by Crippen LogP contribution is 2.35. The summed E-state index contributed by atoms with van der Waals surface area (Å²) in [4.78, 5) is 13.6. The van der Waals surface area contributed by atoms with E-state index >= 15 is 0 Å². The van der Waals surface area contributed by atoms with Crippen LogP contribution in [-0.2, 0) is 9.53 Å². The first kappa shape index (κ1) is 15.8. The van der Waals surface area contributed by atoms with E-state index in [1.165, 1.54) is 6.07 Å². The Bertz CT molecular complexity index is 437. The van der Waals surface area contributed by atoms with Gasteiger partial charge in [-0.25, -0.2) is 14.9 Å². The predicted octanol–water partition coefficient (Wildman–Crippen LogP) is 2.44. The Labute approximate surface area is 98.1 Å². The van der Waals surface area contributed by atoms with Gasteiger partial charge in [0.1, 0.15) is 0 Å². The van der Waals surface area contributed by atoms with Crippen molar-refractivity contribution in [2.75, 3.05) is 6.61 Å². The van der Waals surface area contributed by atoms with Crippen molar-refractivity contribution in [2.45, 2.75) is 19.0 Å². The molecule has 18 heavy (non-hydrogen) atoms. The van der Waals surface area contributed by atoms with E-state index in [4.69, 9.17) is 11.8 Å². The monoisotopic (exact) mass is 268 g/mol. The molecule has 0 fully saturated rings. The van der Waals surface area contributed by atoms with Crippen LogP contribution in [0.1, 0.15) is 6.92 Å². The molecule has 0 unspecified atom stereocenters. The largest absolute Gasteiger partial charge is 0.456 e. The fourth-order valence-corrected chi connectivity index (χ4v) is 0.636. The zero-order valence-corrected chi connectivity index (χ0v) is 8.81. The number of ether oxygens (including phenoxy) is 1. The summed E-state index contributed by atoms with van der Waals surface area (Å²) in [5.41, 5.74) is -1.37. The highest BCUT2D eigenvalue weighted by molar-refractivity contribution is 5.90. The second-order valence-electron chi connectivity index (χ2n) is 2.98. The number of esters is 1. The number of carbonyl (C=O) groups is 1. The first-order chi connectivity index (χ1) is 8.06. The van der Waals surface area contributed by atoms with Crippen LogP contribution in [0.25, 0.3) is 4.85 Å². The van der Waals surface area contributed by atoms with Crippen molar-refractivity contribution in [3.8, 4) is 6.07 Å². The molecule has 0 aromatic heterocycles. The van der Waals surface area contributed by atoms with Gasteiger partial charge in [-0.3, -0.25) is 0 Å². The molecule has 0 aliphatic rings. The van der Waals surface area contributed by atoms with Gasteiger partial charge in [0.25, 0.3) is 5.70 Å². The van der Waals surface area contributed by atoms with E-state index in [1.807, 2.05) is 0 Å². The summed E-state index contributed by atoms with van der Waals surface area (Å²) >= 11 is 0. The second kappa shape index (κ2) is 5.45. The molecular weight excluding hydrogens is 263 g/mol. The molecule has 0 radical (unpaired) electrons. The maximum atomic E-state index is 12.4. The van der Waals surface area contributed by atoms with Gasteiger partial charge in [-0.05, 0) is 6.92 Å². The number of hydrogen-bond acceptors (Lipinski definition) is 3. The molecule has 0 aromatic rings. The van der Waals surface area contributed by atoms with Crippen molar-refractivity contribution in [2.24, 2.45) is 0 Å². The van der Waals surface area contributed by atoms with Crippen LogP contribution in [0.15, 0.2) is 11.3 Å². The van der Waals surface area contributed by atoms with Crippen LogP contribution in [0.5, 0.6) is 0 Å². The quantitative estimate of drug-likeness (QED) is 0.260. The molecule has 0 saturated carbocycles. The summed E-state index contributed by atoms with van der Waals surface area (Å²) in [6, 6.07) is 1.27. The average molecular weight is 268 g/mol. The van der Waals surface area contributed by atoms with Gasteiger partial charge < -0.3 is 4.74 Å². The van der Waals surface area contributed by atoms with Crippen molar-refractivity contribution in [3.05, 3.63) is 22.7 Å².